The Bertz CT molecular complexity index is 1120. The fraction of sp³-hybridized carbons (Fsp3) is 0.273. The molecule has 4 aromatic rings. The van der Waals surface area contributed by atoms with Crippen LogP contribution in [0.5, 0.6) is 0 Å². The number of fused-ring (bicyclic) bond motifs is 1. The van der Waals surface area contributed by atoms with Gasteiger partial charge in [-0.2, -0.15) is 0 Å². The van der Waals surface area contributed by atoms with Crippen LogP contribution in [0.1, 0.15) is 18.6 Å². The molecule has 3 aromatic heterocycles. The highest BCUT2D eigenvalue weighted by molar-refractivity contribution is 7.21. The van der Waals surface area contributed by atoms with E-state index in [9.17, 15) is 4.79 Å². The van der Waals surface area contributed by atoms with Gasteiger partial charge in [0, 0.05) is 25.5 Å². The van der Waals surface area contributed by atoms with Crippen LogP contribution in [-0.2, 0) is 11.3 Å². The minimum absolute atomic E-state index is 0.0357. The highest BCUT2D eigenvalue weighted by Gasteiger charge is 2.27. The van der Waals surface area contributed by atoms with E-state index < -0.39 is 0 Å². The lowest BCUT2D eigenvalue weighted by Gasteiger charge is -2.31. The minimum atomic E-state index is -0.0822. The van der Waals surface area contributed by atoms with Crippen LogP contribution in [0.4, 0.5) is 5.95 Å². The van der Waals surface area contributed by atoms with E-state index in [4.69, 9.17) is 4.42 Å². The van der Waals surface area contributed by atoms with Crippen LogP contribution in [0.25, 0.3) is 21.0 Å². The molecule has 1 N–H and O–H groups in total. The second-order valence-electron chi connectivity index (χ2n) is 7.30. The molecule has 0 unspecified atom stereocenters. The molecule has 1 amide bonds. The number of para-hydroxylation sites is 1. The molecule has 0 bridgehead atoms. The van der Waals surface area contributed by atoms with Crippen LogP contribution < -0.4 is 10.2 Å². The molecular weight excluding hydrogens is 398 g/mol. The van der Waals surface area contributed by atoms with E-state index >= 15 is 0 Å². The standard InChI is InChI=1S/C22H21N5O2S/c28-20(15-5-3-12-27(14-15)22-23-10-4-11-24-22)25-13-16-8-9-18(29-16)21-26-17-6-1-2-7-19(17)30-21/h1-2,4,6-11,15H,3,5,12-14H2,(H,25,28)/t15-/m1/s1. The second-order valence-corrected chi connectivity index (χ2v) is 8.34. The normalized spacial score (nSPS) is 16.7. The van der Waals surface area contributed by atoms with Gasteiger partial charge >= 0.3 is 0 Å². The van der Waals surface area contributed by atoms with Gasteiger partial charge in [0.1, 0.15) is 5.76 Å². The zero-order valence-corrected chi connectivity index (χ0v) is 17.1. The maximum Gasteiger partial charge on any atom is 0.225 e. The smallest absolute Gasteiger partial charge is 0.225 e. The number of anilines is 1. The van der Waals surface area contributed by atoms with Gasteiger partial charge < -0.3 is 14.6 Å². The van der Waals surface area contributed by atoms with Crippen molar-refractivity contribution in [2.24, 2.45) is 5.92 Å². The van der Waals surface area contributed by atoms with Crippen molar-refractivity contribution in [3.05, 3.63) is 60.6 Å². The van der Waals surface area contributed by atoms with Crippen LogP contribution in [0.3, 0.4) is 0 Å². The number of carbonyl (C=O) groups is 1. The minimum Gasteiger partial charge on any atom is -0.457 e. The maximum absolute atomic E-state index is 12.7. The number of aromatic nitrogens is 3. The molecule has 1 aromatic carbocycles. The zero-order chi connectivity index (χ0) is 20.3. The Morgan fingerprint density at radius 2 is 2.03 bits per heavy atom. The molecule has 1 atom stereocenters. The Hall–Kier alpha value is -3.26. The third-order valence-electron chi connectivity index (χ3n) is 5.23. The first-order valence-electron chi connectivity index (χ1n) is 10.0. The van der Waals surface area contributed by atoms with Crippen LogP contribution in [0.15, 0.2) is 59.3 Å². The van der Waals surface area contributed by atoms with Gasteiger partial charge in [0.05, 0.1) is 22.7 Å². The number of nitrogens with one attached hydrogen (secondary N) is 1. The van der Waals surface area contributed by atoms with E-state index in [2.05, 4.69) is 31.2 Å². The van der Waals surface area contributed by atoms with E-state index in [1.165, 1.54) is 0 Å². The summed E-state index contributed by atoms with van der Waals surface area (Å²) in [6, 6.07) is 13.6. The van der Waals surface area contributed by atoms with Gasteiger partial charge in [-0.3, -0.25) is 4.79 Å². The number of hydrogen-bond acceptors (Lipinski definition) is 7. The number of thiazole rings is 1. The number of hydrogen-bond donors (Lipinski definition) is 1. The van der Waals surface area contributed by atoms with Crippen LogP contribution >= 0.6 is 11.3 Å². The number of rotatable bonds is 5. The first-order chi connectivity index (χ1) is 14.8. The van der Waals surface area contributed by atoms with Crippen molar-refractivity contribution in [1.82, 2.24) is 20.3 Å². The fourth-order valence-electron chi connectivity index (χ4n) is 3.71. The van der Waals surface area contributed by atoms with Gasteiger partial charge in [-0.15, -0.1) is 11.3 Å². The predicted octanol–water partition coefficient (Wildman–Crippen LogP) is 3.88. The Morgan fingerprint density at radius 1 is 1.17 bits per heavy atom. The molecule has 0 radical (unpaired) electrons. The van der Waals surface area contributed by atoms with Crippen molar-refractivity contribution < 1.29 is 9.21 Å². The third-order valence-corrected chi connectivity index (χ3v) is 6.28. The van der Waals surface area contributed by atoms with Gasteiger partial charge in [-0.25, -0.2) is 15.0 Å². The summed E-state index contributed by atoms with van der Waals surface area (Å²) in [6.07, 6.45) is 5.26. The van der Waals surface area contributed by atoms with Crippen LogP contribution in [0, 0.1) is 5.92 Å². The molecule has 1 fully saturated rings. The lowest BCUT2D eigenvalue weighted by molar-refractivity contribution is -0.125. The summed E-state index contributed by atoms with van der Waals surface area (Å²) in [5, 5.41) is 3.86. The molecule has 5 rings (SSSR count). The van der Waals surface area contributed by atoms with Crippen LogP contribution in [0.2, 0.25) is 0 Å². The summed E-state index contributed by atoms with van der Waals surface area (Å²) >= 11 is 1.60. The zero-order valence-electron chi connectivity index (χ0n) is 16.3. The summed E-state index contributed by atoms with van der Waals surface area (Å²) in [4.78, 5) is 28.0. The molecule has 30 heavy (non-hydrogen) atoms. The summed E-state index contributed by atoms with van der Waals surface area (Å²) < 4.78 is 7.06. The van der Waals surface area contributed by atoms with Gasteiger partial charge in [0.15, 0.2) is 10.8 Å². The number of amides is 1. The first kappa shape index (κ1) is 18.7. The number of carbonyl (C=O) groups excluding carboxylic acids is 1. The fourth-order valence-corrected chi connectivity index (χ4v) is 4.64. The van der Waals surface area contributed by atoms with E-state index in [1.807, 2.05) is 30.3 Å². The quantitative estimate of drug-likeness (QED) is 0.529. The Balaban J connectivity index is 1.20. The lowest BCUT2D eigenvalue weighted by Crippen LogP contribution is -2.43. The van der Waals surface area contributed by atoms with E-state index in [-0.39, 0.29) is 11.8 Å². The van der Waals surface area contributed by atoms with E-state index in [0.29, 0.717) is 19.0 Å². The largest absolute Gasteiger partial charge is 0.457 e. The van der Waals surface area contributed by atoms with Gasteiger partial charge in [-0.1, -0.05) is 12.1 Å². The SMILES string of the molecule is O=C(NCc1ccc(-c2nc3ccccc3s2)o1)[C@@H]1CCCN(c2ncccn2)C1. The van der Waals surface area contributed by atoms with Gasteiger partial charge in [-0.05, 0) is 43.2 Å². The molecule has 0 spiro atoms. The number of furan rings is 1. The number of nitrogens with zero attached hydrogens (tertiary/aromatic N) is 4. The van der Waals surface area contributed by atoms with Crippen molar-refractivity contribution in [3.63, 3.8) is 0 Å². The average Bonchev–Trinajstić information content (AvgIpc) is 3.45. The molecule has 1 aliphatic rings. The first-order valence-corrected chi connectivity index (χ1v) is 10.8. The molecule has 1 aliphatic heterocycles. The Kier molecular flexibility index (Phi) is 5.15. The Morgan fingerprint density at radius 3 is 2.90 bits per heavy atom. The van der Waals surface area contributed by atoms with Crippen molar-refractivity contribution >= 4 is 33.4 Å². The van der Waals surface area contributed by atoms with Gasteiger partial charge in [0.2, 0.25) is 11.9 Å². The third kappa shape index (κ3) is 3.91. The topological polar surface area (TPSA) is 84.2 Å². The monoisotopic (exact) mass is 419 g/mol. The molecule has 0 saturated carbocycles. The molecule has 7 nitrogen and oxygen atoms in total. The van der Waals surface area contributed by atoms with E-state index in [0.717, 1.165) is 46.1 Å². The predicted molar refractivity (Wildman–Crippen MR) is 116 cm³/mol. The van der Waals surface area contributed by atoms with Crippen LogP contribution in [-0.4, -0.2) is 33.9 Å². The summed E-state index contributed by atoms with van der Waals surface area (Å²) in [5.41, 5.74) is 0.966. The second kappa shape index (κ2) is 8.23. The summed E-state index contributed by atoms with van der Waals surface area (Å²) in [6.45, 7) is 1.87. The summed E-state index contributed by atoms with van der Waals surface area (Å²) in [7, 11) is 0. The number of benzene rings is 1. The molecule has 152 valence electrons. The van der Waals surface area contributed by atoms with E-state index in [1.54, 1.807) is 29.8 Å². The molecule has 1 saturated heterocycles. The molecule has 0 aliphatic carbocycles. The summed E-state index contributed by atoms with van der Waals surface area (Å²) in [5.74, 6) is 2.08. The van der Waals surface area contributed by atoms with Gasteiger partial charge in [0.25, 0.3) is 0 Å². The highest BCUT2D eigenvalue weighted by atomic mass is 32.1. The average molecular weight is 420 g/mol. The maximum atomic E-state index is 12.7. The van der Waals surface area contributed by atoms with Crippen molar-refractivity contribution in [1.29, 1.82) is 0 Å². The van der Waals surface area contributed by atoms with Crippen molar-refractivity contribution in [3.8, 4) is 10.8 Å². The Labute approximate surface area is 177 Å². The van der Waals surface area contributed by atoms with Crippen molar-refractivity contribution in [2.45, 2.75) is 19.4 Å². The molecule has 4 heterocycles. The molecule has 8 heteroatoms. The molecular formula is C22H21N5O2S. The van der Waals surface area contributed by atoms with Crippen molar-refractivity contribution in [2.75, 3.05) is 18.0 Å². The number of piperidine rings is 1. The highest BCUT2D eigenvalue weighted by Crippen LogP contribution is 2.31. The lowest BCUT2D eigenvalue weighted by atomic mass is 9.97.